The van der Waals surface area contributed by atoms with Gasteiger partial charge in [-0.3, -0.25) is 0 Å². The summed E-state index contributed by atoms with van der Waals surface area (Å²) in [5.41, 5.74) is 1.37. The lowest BCUT2D eigenvalue weighted by molar-refractivity contribution is 0.200. The van der Waals surface area contributed by atoms with Crippen LogP contribution in [0, 0.1) is 0 Å². The Bertz CT molecular complexity index is 313. The summed E-state index contributed by atoms with van der Waals surface area (Å²) in [4.78, 5) is 1.34. The summed E-state index contributed by atoms with van der Waals surface area (Å²) >= 11 is 1.90. The van der Waals surface area contributed by atoms with Crippen molar-refractivity contribution in [2.75, 3.05) is 26.0 Å². The Labute approximate surface area is 116 Å². The van der Waals surface area contributed by atoms with Gasteiger partial charge in [-0.15, -0.1) is 11.8 Å². The lowest BCUT2D eigenvalue weighted by Crippen LogP contribution is -2.19. The maximum Gasteiger partial charge on any atom is 0.0470 e. The highest BCUT2D eigenvalue weighted by Gasteiger charge is 2.03. The minimum atomic E-state index is 0.442. The van der Waals surface area contributed by atoms with Crippen LogP contribution in [-0.2, 0) is 4.74 Å². The van der Waals surface area contributed by atoms with E-state index in [4.69, 9.17) is 4.74 Å². The number of benzene rings is 1. The Hall–Kier alpha value is -0.510. The fraction of sp³-hybridized carbons (Fsp3) is 0.600. The van der Waals surface area contributed by atoms with Gasteiger partial charge in [0.15, 0.2) is 0 Å². The van der Waals surface area contributed by atoms with Crippen molar-refractivity contribution in [3.63, 3.8) is 0 Å². The average Bonchev–Trinajstić information content (AvgIpc) is 2.41. The quantitative estimate of drug-likeness (QED) is 0.542. The van der Waals surface area contributed by atoms with Crippen molar-refractivity contribution >= 4 is 11.8 Å². The summed E-state index contributed by atoms with van der Waals surface area (Å²) in [5.74, 6) is 1.12. The van der Waals surface area contributed by atoms with Crippen LogP contribution in [0.15, 0.2) is 29.2 Å². The van der Waals surface area contributed by atoms with Crippen LogP contribution < -0.4 is 5.32 Å². The molecule has 102 valence electrons. The van der Waals surface area contributed by atoms with E-state index in [0.717, 1.165) is 25.3 Å². The van der Waals surface area contributed by atoms with Crippen LogP contribution in [-0.4, -0.2) is 26.0 Å². The number of rotatable bonds is 9. The monoisotopic (exact) mass is 267 g/mol. The molecule has 1 aromatic rings. The third-order valence-electron chi connectivity index (χ3n) is 2.84. The highest BCUT2D eigenvalue weighted by molar-refractivity contribution is 7.99. The van der Waals surface area contributed by atoms with Crippen molar-refractivity contribution < 1.29 is 4.74 Å². The highest BCUT2D eigenvalue weighted by atomic mass is 32.2. The van der Waals surface area contributed by atoms with Crippen LogP contribution in [0.1, 0.15) is 38.3 Å². The Morgan fingerprint density at radius 2 is 2.00 bits per heavy atom. The highest BCUT2D eigenvalue weighted by Crippen LogP contribution is 2.21. The predicted octanol–water partition coefficient (Wildman–Crippen LogP) is 3.88. The van der Waals surface area contributed by atoms with E-state index < -0.39 is 0 Å². The molecule has 1 rings (SSSR count). The van der Waals surface area contributed by atoms with E-state index in [9.17, 15) is 0 Å². The largest absolute Gasteiger partial charge is 0.385 e. The second kappa shape index (κ2) is 9.42. The zero-order chi connectivity index (χ0) is 13.2. The minimum absolute atomic E-state index is 0.442. The topological polar surface area (TPSA) is 21.3 Å². The maximum absolute atomic E-state index is 5.05. The molecule has 3 heteroatoms. The molecule has 1 atom stereocenters. The van der Waals surface area contributed by atoms with Crippen molar-refractivity contribution in [3.05, 3.63) is 29.8 Å². The number of methoxy groups -OCH3 is 1. The number of hydrogen-bond acceptors (Lipinski definition) is 3. The van der Waals surface area contributed by atoms with Crippen molar-refractivity contribution in [2.45, 2.75) is 37.6 Å². The molecule has 0 aliphatic carbocycles. The first-order valence-corrected chi connectivity index (χ1v) is 7.71. The number of nitrogens with one attached hydrogen (secondary N) is 1. The molecule has 0 heterocycles. The molecular formula is C15H25NOS. The van der Waals surface area contributed by atoms with Gasteiger partial charge in [0.2, 0.25) is 0 Å². The summed E-state index contributed by atoms with van der Waals surface area (Å²) in [6.45, 7) is 6.34. The molecule has 0 amide bonds. The lowest BCUT2D eigenvalue weighted by Gasteiger charge is -2.14. The molecule has 0 saturated carbocycles. The first kappa shape index (κ1) is 15.5. The minimum Gasteiger partial charge on any atom is -0.385 e. The predicted molar refractivity (Wildman–Crippen MR) is 80.4 cm³/mol. The molecule has 1 unspecified atom stereocenters. The van der Waals surface area contributed by atoms with Gasteiger partial charge < -0.3 is 10.1 Å². The van der Waals surface area contributed by atoms with Crippen LogP contribution in [0.2, 0.25) is 0 Å². The Balaban J connectivity index is 2.37. The molecular weight excluding hydrogens is 242 g/mol. The molecule has 0 aromatic heterocycles. The molecule has 0 fully saturated rings. The SMILES string of the molecule is CCCNC(C)c1ccc(SCCCOC)cc1. The fourth-order valence-corrected chi connectivity index (χ4v) is 2.55. The Morgan fingerprint density at radius 3 is 2.61 bits per heavy atom. The molecule has 18 heavy (non-hydrogen) atoms. The first-order valence-electron chi connectivity index (χ1n) is 6.73. The van der Waals surface area contributed by atoms with Gasteiger partial charge in [-0.05, 0) is 44.0 Å². The molecule has 1 aromatic carbocycles. The van der Waals surface area contributed by atoms with E-state index in [1.54, 1.807) is 7.11 Å². The molecule has 1 N–H and O–H groups in total. The Kier molecular flexibility index (Phi) is 8.14. The van der Waals surface area contributed by atoms with Gasteiger partial charge in [0.25, 0.3) is 0 Å². The third-order valence-corrected chi connectivity index (χ3v) is 3.94. The average molecular weight is 267 g/mol. The van der Waals surface area contributed by atoms with Crippen LogP contribution in [0.25, 0.3) is 0 Å². The fourth-order valence-electron chi connectivity index (χ4n) is 1.72. The van der Waals surface area contributed by atoms with Gasteiger partial charge in [0, 0.05) is 30.4 Å². The summed E-state index contributed by atoms with van der Waals surface area (Å²) in [6, 6.07) is 9.34. The molecule has 0 radical (unpaired) electrons. The van der Waals surface area contributed by atoms with E-state index in [1.165, 1.54) is 16.9 Å². The summed E-state index contributed by atoms with van der Waals surface area (Å²) in [6.07, 6.45) is 2.29. The van der Waals surface area contributed by atoms with E-state index in [1.807, 2.05) is 11.8 Å². The van der Waals surface area contributed by atoms with Gasteiger partial charge in [0.1, 0.15) is 0 Å². The normalized spacial score (nSPS) is 12.6. The molecule has 0 saturated heterocycles. The molecule has 2 nitrogen and oxygen atoms in total. The van der Waals surface area contributed by atoms with E-state index >= 15 is 0 Å². The maximum atomic E-state index is 5.05. The lowest BCUT2D eigenvalue weighted by atomic mass is 10.1. The zero-order valence-electron chi connectivity index (χ0n) is 11.7. The second-order valence-electron chi connectivity index (χ2n) is 4.44. The Morgan fingerprint density at radius 1 is 1.28 bits per heavy atom. The molecule has 0 aliphatic rings. The van der Waals surface area contributed by atoms with Crippen LogP contribution in [0.5, 0.6) is 0 Å². The van der Waals surface area contributed by atoms with Crippen molar-refractivity contribution in [1.29, 1.82) is 0 Å². The second-order valence-corrected chi connectivity index (χ2v) is 5.61. The number of hydrogen-bond donors (Lipinski definition) is 1. The number of thioether (sulfide) groups is 1. The van der Waals surface area contributed by atoms with Gasteiger partial charge in [0.05, 0.1) is 0 Å². The summed E-state index contributed by atoms with van der Waals surface area (Å²) in [7, 11) is 1.75. The van der Waals surface area contributed by atoms with Gasteiger partial charge in [-0.25, -0.2) is 0 Å². The van der Waals surface area contributed by atoms with E-state index in [0.29, 0.717) is 6.04 Å². The van der Waals surface area contributed by atoms with Crippen LogP contribution in [0.3, 0.4) is 0 Å². The smallest absolute Gasteiger partial charge is 0.0470 e. The van der Waals surface area contributed by atoms with Gasteiger partial charge in [-0.2, -0.15) is 0 Å². The van der Waals surface area contributed by atoms with E-state index in [-0.39, 0.29) is 0 Å². The molecule has 0 bridgehead atoms. The first-order chi connectivity index (χ1) is 8.77. The van der Waals surface area contributed by atoms with Crippen molar-refractivity contribution in [3.8, 4) is 0 Å². The molecule has 0 spiro atoms. The standard InChI is InChI=1S/C15H25NOS/c1-4-10-16-13(2)14-6-8-15(9-7-14)18-12-5-11-17-3/h6-9,13,16H,4-5,10-12H2,1-3H3. The van der Waals surface area contributed by atoms with Crippen LogP contribution >= 0.6 is 11.8 Å². The van der Waals surface area contributed by atoms with E-state index in [2.05, 4.69) is 43.4 Å². The van der Waals surface area contributed by atoms with Crippen molar-refractivity contribution in [1.82, 2.24) is 5.32 Å². The third kappa shape index (κ3) is 5.89. The zero-order valence-corrected chi connectivity index (χ0v) is 12.6. The van der Waals surface area contributed by atoms with Gasteiger partial charge >= 0.3 is 0 Å². The number of ether oxygens (including phenoxy) is 1. The summed E-state index contributed by atoms with van der Waals surface area (Å²) in [5, 5.41) is 3.50. The van der Waals surface area contributed by atoms with Gasteiger partial charge in [-0.1, -0.05) is 19.1 Å². The molecule has 0 aliphatic heterocycles. The van der Waals surface area contributed by atoms with Crippen LogP contribution in [0.4, 0.5) is 0 Å². The summed E-state index contributed by atoms with van der Waals surface area (Å²) < 4.78 is 5.05. The van der Waals surface area contributed by atoms with Crippen molar-refractivity contribution in [2.24, 2.45) is 0 Å².